The molecule has 1 heterocycles. The van der Waals surface area contributed by atoms with Crippen LogP contribution in [0.5, 0.6) is 0 Å². The number of amides is 2. The maximum atomic E-state index is 12.7. The topological polar surface area (TPSA) is 49.4 Å². The molecule has 3 aromatic carbocycles. The number of hydrogen-bond acceptors (Lipinski definition) is 3. The van der Waals surface area contributed by atoms with Crippen LogP contribution < -0.4 is 10.2 Å². The summed E-state index contributed by atoms with van der Waals surface area (Å²) in [7, 11) is 0. The summed E-state index contributed by atoms with van der Waals surface area (Å²) in [6.07, 6.45) is 1.22. The fourth-order valence-electron chi connectivity index (χ4n) is 3.69. The zero-order chi connectivity index (χ0) is 20.9. The molecule has 0 spiro atoms. The summed E-state index contributed by atoms with van der Waals surface area (Å²) in [5.41, 5.74) is 4.95. The number of anilines is 2. The van der Waals surface area contributed by atoms with Gasteiger partial charge in [0.2, 0.25) is 11.8 Å². The Morgan fingerprint density at radius 1 is 1.00 bits per heavy atom. The molecular weight excluding hydrogens is 392 g/mol. The highest BCUT2D eigenvalue weighted by Crippen LogP contribution is 2.43. The van der Waals surface area contributed by atoms with Crippen molar-refractivity contribution in [2.45, 2.75) is 25.1 Å². The summed E-state index contributed by atoms with van der Waals surface area (Å²) in [5.74, 6) is 0.558. The van der Waals surface area contributed by atoms with Gasteiger partial charge in [-0.3, -0.25) is 14.5 Å². The first kappa shape index (κ1) is 20.2. The van der Waals surface area contributed by atoms with E-state index in [1.807, 2.05) is 77.7 Å². The van der Waals surface area contributed by atoms with Gasteiger partial charge in [0.05, 0.1) is 12.2 Å². The zero-order valence-corrected chi connectivity index (χ0v) is 17.7. The molecule has 0 aromatic heterocycles. The molecule has 1 N–H and O–H groups in total. The molecule has 30 heavy (non-hydrogen) atoms. The highest BCUT2D eigenvalue weighted by molar-refractivity contribution is 8.00. The van der Waals surface area contributed by atoms with E-state index in [2.05, 4.69) is 18.3 Å². The van der Waals surface area contributed by atoms with E-state index in [9.17, 15) is 9.59 Å². The number of nitrogens with zero attached hydrogens (tertiary/aromatic N) is 1. The molecular formula is C25H24N2O2S. The normalized spacial score (nSPS) is 16.0. The largest absolute Gasteiger partial charge is 0.326 e. The predicted molar refractivity (Wildman–Crippen MR) is 124 cm³/mol. The minimum absolute atomic E-state index is 0.0436. The van der Waals surface area contributed by atoms with E-state index < -0.39 is 0 Å². The van der Waals surface area contributed by atoms with Gasteiger partial charge in [-0.2, -0.15) is 0 Å². The summed E-state index contributed by atoms with van der Waals surface area (Å²) in [6, 6.07) is 25.6. The molecule has 1 saturated heterocycles. The van der Waals surface area contributed by atoms with Gasteiger partial charge in [0.25, 0.3) is 0 Å². The third kappa shape index (κ3) is 4.41. The van der Waals surface area contributed by atoms with Crippen LogP contribution >= 0.6 is 11.8 Å². The lowest BCUT2D eigenvalue weighted by molar-refractivity contribution is -0.116. The molecule has 5 heteroatoms. The van der Waals surface area contributed by atoms with Crippen LogP contribution in [0.4, 0.5) is 11.4 Å². The van der Waals surface area contributed by atoms with Crippen LogP contribution in [0, 0.1) is 0 Å². The Balaban J connectivity index is 1.49. The fourth-order valence-corrected chi connectivity index (χ4v) is 4.86. The number of hydrogen-bond donors (Lipinski definition) is 1. The number of para-hydroxylation sites is 1. The Morgan fingerprint density at radius 3 is 2.43 bits per heavy atom. The Labute approximate surface area is 181 Å². The lowest BCUT2D eigenvalue weighted by atomic mass is 10.1. The van der Waals surface area contributed by atoms with Crippen LogP contribution in [0.3, 0.4) is 0 Å². The highest BCUT2D eigenvalue weighted by Gasteiger charge is 2.34. The van der Waals surface area contributed by atoms with Gasteiger partial charge in [-0.1, -0.05) is 67.6 Å². The number of carbonyl (C=O) groups is 2. The van der Waals surface area contributed by atoms with Gasteiger partial charge in [0.1, 0.15) is 5.37 Å². The first-order valence-corrected chi connectivity index (χ1v) is 11.2. The molecule has 0 aliphatic carbocycles. The standard InChI is InChI=1S/C25H24N2O2S/c1-2-19-10-6-7-11-22(19)27-24(29)17-30-25(27)20-12-14-21(15-13-20)26-23(28)16-18-8-4-3-5-9-18/h3-15,25H,2,16-17H2,1H3,(H,26,28)/t25-/m1/s1. The van der Waals surface area contributed by atoms with Crippen molar-refractivity contribution < 1.29 is 9.59 Å². The molecule has 1 atom stereocenters. The number of benzene rings is 3. The van der Waals surface area contributed by atoms with Crippen LogP contribution in [0.25, 0.3) is 0 Å². The minimum atomic E-state index is -0.0562. The molecule has 152 valence electrons. The first-order chi connectivity index (χ1) is 14.7. The summed E-state index contributed by atoms with van der Waals surface area (Å²) in [6.45, 7) is 2.11. The molecule has 0 saturated carbocycles. The van der Waals surface area contributed by atoms with Crippen molar-refractivity contribution in [1.29, 1.82) is 0 Å². The molecule has 0 unspecified atom stereocenters. The van der Waals surface area contributed by atoms with Gasteiger partial charge >= 0.3 is 0 Å². The van der Waals surface area contributed by atoms with Crippen LogP contribution in [-0.2, 0) is 22.4 Å². The molecule has 1 aliphatic rings. The Bertz CT molecular complexity index is 1030. The number of thioether (sulfide) groups is 1. The summed E-state index contributed by atoms with van der Waals surface area (Å²) in [4.78, 5) is 26.9. The van der Waals surface area contributed by atoms with Gasteiger partial charge in [-0.05, 0) is 41.3 Å². The maximum absolute atomic E-state index is 12.7. The van der Waals surface area contributed by atoms with Gasteiger partial charge < -0.3 is 5.32 Å². The van der Waals surface area contributed by atoms with Crippen LogP contribution in [0.1, 0.15) is 29.0 Å². The third-order valence-corrected chi connectivity index (χ3v) is 6.40. The Morgan fingerprint density at radius 2 is 1.70 bits per heavy atom. The predicted octanol–water partition coefficient (Wildman–Crippen LogP) is 5.21. The van der Waals surface area contributed by atoms with E-state index in [0.717, 1.165) is 28.9 Å². The molecule has 0 bridgehead atoms. The van der Waals surface area contributed by atoms with Crippen molar-refractivity contribution in [3.8, 4) is 0 Å². The van der Waals surface area contributed by atoms with E-state index in [1.165, 1.54) is 5.56 Å². The van der Waals surface area contributed by atoms with Crippen LogP contribution in [0.15, 0.2) is 78.9 Å². The van der Waals surface area contributed by atoms with E-state index in [1.54, 1.807) is 11.8 Å². The van der Waals surface area contributed by atoms with Crippen LogP contribution in [-0.4, -0.2) is 17.6 Å². The lowest BCUT2D eigenvalue weighted by Crippen LogP contribution is -2.28. The van der Waals surface area contributed by atoms with E-state index >= 15 is 0 Å². The second-order valence-electron chi connectivity index (χ2n) is 7.24. The van der Waals surface area contributed by atoms with Crippen molar-refractivity contribution in [3.05, 3.63) is 95.6 Å². The molecule has 1 aliphatic heterocycles. The average Bonchev–Trinajstić information content (AvgIpc) is 3.16. The second-order valence-corrected chi connectivity index (χ2v) is 8.31. The minimum Gasteiger partial charge on any atom is -0.326 e. The highest BCUT2D eigenvalue weighted by atomic mass is 32.2. The molecule has 4 rings (SSSR count). The molecule has 4 nitrogen and oxygen atoms in total. The quantitative estimate of drug-likeness (QED) is 0.600. The van der Waals surface area contributed by atoms with Gasteiger partial charge in [0.15, 0.2) is 0 Å². The van der Waals surface area contributed by atoms with Gasteiger partial charge in [-0.25, -0.2) is 0 Å². The third-order valence-electron chi connectivity index (χ3n) is 5.19. The van der Waals surface area contributed by atoms with Crippen LogP contribution in [0.2, 0.25) is 0 Å². The van der Waals surface area contributed by atoms with Crippen molar-refractivity contribution >= 4 is 35.0 Å². The number of rotatable bonds is 6. The average molecular weight is 417 g/mol. The molecule has 3 aromatic rings. The Kier molecular flexibility index (Phi) is 6.19. The summed E-state index contributed by atoms with van der Waals surface area (Å²) >= 11 is 1.64. The lowest BCUT2D eigenvalue weighted by Gasteiger charge is -2.26. The SMILES string of the molecule is CCc1ccccc1N1C(=O)CS[C@@H]1c1ccc(NC(=O)Cc2ccccc2)cc1. The monoisotopic (exact) mass is 416 g/mol. The van der Waals surface area contributed by atoms with Gasteiger partial charge in [0, 0.05) is 11.4 Å². The van der Waals surface area contributed by atoms with E-state index in [4.69, 9.17) is 0 Å². The fraction of sp³-hybridized carbons (Fsp3) is 0.200. The maximum Gasteiger partial charge on any atom is 0.238 e. The Hall–Kier alpha value is -3.05. The first-order valence-electron chi connectivity index (χ1n) is 10.1. The number of carbonyl (C=O) groups excluding carboxylic acids is 2. The summed E-state index contributed by atoms with van der Waals surface area (Å²) < 4.78 is 0. The van der Waals surface area contributed by atoms with Crippen molar-refractivity contribution in [2.75, 3.05) is 16.0 Å². The van der Waals surface area contributed by atoms with Gasteiger partial charge in [-0.15, -0.1) is 11.8 Å². The van der Waals surface area contributed by atoms with E-state index in [-0.39, 0.29) is 17.2 Å². The van der Waals surface area contributed by atoms with E-state index in [0.29, 0.717) is 12.2 Å². The number of aryl methyl sites for hydroxylation is 1. The second kappa shape index (κ2) is 9.18. The smallest absolute Gasteiger partial charge is 0.238 e. The molecule has 2 amide bonds. The molecule has 1 fully saturated rings. The van der Waals surface area contributed by atoms with Crippen molar-refractivity contribution in [1.82, 2.24) is 0 Å². The molecule has 0 radical (unpaired) electrons. The van der Waals surface area contributed by atoms with Crippen molar-refractivity contribution in [3.63, 3.8) is 0 Å². The van der Waals surface area contributed by atoms with Crippen molar-refractivity contribution in [2.24, 2.45) is 0 Å². The summed E-state index contributed by atoms with van der Waals surface area (Å²) in [5, 5.41) is 2.90. The zero-order valence-electron chi connectivity index (χ0n) is 16.9. The number of nitrogens with one attached hydrogen (secondary N) is 1.